The van der Waals surface area contributed by atoms with E-state index in [1.54, 1.807) is 0 Å². The van der Waals surface area contributed by atoms with Crippen molar-refractivity contribution in [3.8, 4) is 0 Å². The molecule has 0 aromatic carbocycles. The molecule has 2 fully saturated rings. The zero-order valence-corrected chi connectivity index (χ0v) is 9.50. The number of fused-ring (bicyclic) bond motifs is 2. The summed E-state index contributed by atoms with van der Waals surface area (Å²) in [6.45, 7) is 6.34. The van der Waals surface area contributed by atoms with Gasteiger partial charge in [0.15, 0.2) is 0 Å². The molecule has 2 aliphatic carbocycles. The van der Waals surface area contributed by atoms with E-state index in [1.807, 2.05) is 6.92 Å². The standard InChI is InChI=1S/C14H20O/c1-10(9-15)4-3-5-14-11(2)12-6-7-13(14)8-12/h4-5,12-13,15H,2-3,6-9H2,1H3/b10-4+,14-5-. The maximum absolute atomic E-state index is 8.88. The van der Waals surface area contributed by atoms with E-state index in [0.29, 0.717) is 0 Å². The minimum atomic E-state index is 0.177. The first-order chi connectivity index (χ1) is 7.22. The van der Waals surface area contributed by atoms with E-state index in [4.69, 9.17) is 5.11 Å². The molecule has 2 atom stereocenters. The van der Waals surface area contributed by atoms with Crippen LogP contribution in [0.1, 0.15) is 32.6 Å². The fraction of sp³-hybridized carbons (Fsp3) is 0.571. The SMILES string of the molecule is C=C1/C(=C/C/C=C(\C)CO)C2CCC1C2. The van der Waals surface area contributed by atoms with Crippen LogP contribution in [0, 0.1) is 11.8 Å². The lowest BCUT2D eigenvalue weighted by molar-refractivity contribution is 0.331. The van der Waals surface area contributed by atoms with Crippen LogP contribution >= 0.6 is 0 Å². The summed E-state index contributed by atoms with van der Waals surface area (Å²) in [5.74, 6) is 1.58. The molecule has 1 N–H and O–H groups in total. The Bertz CT molecular complexity index is 322. The third-order valence-electron chi connectivity index (χ3n) is 3.79. The van der Waals surface area contributed by atoms with Gasteiger partial charge in [0.2, 0.25) is 0 Å². The fourth-order valence-electron chi connectivity index (χ4n) is 2.83. The molecule has 1 nitrogen and oxygen atoms in total. The van der Waals surface area contributed by atoms with Gasteiger partial charge in [-0.15, -0.1) is 0 Å². The second kappa shape index (κ2) is 4.36. The van der Waals surface area contributed by atoms with Gasteiger partial charge in [-0.1, -0.05) is 24.3 Å². The molecule has 0 heterocycles. The molecule has 2 aliphatic rings. The molecular formula is C14H20O. The summed E-state index contributed by atoms with van der Waals surface area (Å²) in [6, 6.07) is 0. The van der Waals surface area contributed by atoms with Gasteiger partial charge in [-0.25, -0.2) is 0 Å². The Morgan fingerprint density at radius 2 is 2.20 bits per heavy atom. The summed E-state index contributed by atoms with van der Waals surface area (Å²) in [5.41, 5.74) is 3.95. The molecule has 0 amide bonds. The lowest BCUT2D eigenvalue weighted by Crippen LogP contribution is -2.01. The molecule has 2 rings (SSSR count). The quantitative estimate of drug-likeness (QED) is 0.700. The summed E-state index contributed by atoms with van der Waals surface area (Å²) in [6.07, 6.45) is 9.42. The van der Waals surface area contributed by atoms with E-state index in [1.165, 1.54) is 30.4 Å². The molecular weight excluding hydrogens is 184 g/mol. The molecule has 2 unspecified atom stereocenters. The molecule has 0 saturated heterocycles. The summed E-state index contributed by atoms with van der Waals surface area (Å²) in [7, 11) is 0. The van der Waals surface area contributed by atoms with Crippen LogP contribution < -0.4 is 0 Å². The van der Waals surface area contributed by atoms with Gasteiger partial charge in [-0.05, 0) is 55.6 Å². The molecule has 0 aromatic rings. The molecule has 0 spiro atoms. The van der Waals surface area contributed by atoms with E-state index >= 15 is 0 Å². The Morgan fingerprint density at radius 3 is 2.80 bits per heavy atom. The second-order valence-corrected chi connectivity index (χ2v) is 4.84. The predicted molar refractivity (Wildman–Crippen MR) is 63.5 cm³/mol. The van der Waals surface area contributed by atoms with Crippen LogP contribution in [0.3, 0.4) is 0 Å². The van der Waals surface area contributed by atoms with E-state index in [0.717, 1.165) is 23.8 Å². The number of rotatable bonds is 3. The molecule has 0 aromatic heterocycles. The van der Waals surface area contributed by atoms with Crippen molar-refractivity contribution in [2.45, 2.75) is 32.6 Å². The van der Waals surface area contributed by atoms with Gasteiger partial charge >= 0.3 is 0 Å². The number of hydrogen-bond donors (Lipinski definition) is 1. The summed E-state index contributed by atoms with van der Waals surface area (Å²) in [5, 5.41) is 8.88. The average Bonchev–Trinajstić information content (AvgIpc) is 2.81. The Balaban J connectivity index is 1.99. The Morgan fingerprint density at radius 1 is 1.47 bits per heavy atom. The Kier molecular flexibility index (Phi) is 3.11. The van der Waals surface area contributed by atoms with Crippen molar-refractivity contribution in [3.63, 3.8) is 0 Å². The number of allylic oxidation sites excluding steroid dienone is 4. The van der Waals surface area contributed by atoms with Gasteiger partial charge in [-0.3, -0.25) is 0 Å². The van der Waals surface area contributed by atoms with E-state index in [9.17, 15) is 0 Å². The third kappa shape index (κ3) is 2.07. The van der Waals surface area contributed by atoms with Gasteiger partial charge in [0, 0.05) is 0 Å². The van der Waals surface area contributed by atoms with E-state index in [2.05, 4.69) is 18.7 Å². The highest BCUT2D eigenvalue weighted by atomic mass is 16.3. The highest BCUT2D eigenvalue weighted by Gasteiger charge is 2.37. The average molecular weight is 204 g/mol. The highest BCUT2D eigenvalue weighted by molar-refractivity contribution is 5.40. The molecule has 2 bridgehead atoms. The van der Waals surface area contributed by atoms with E-state index in [-0.39, 0.29) is 6.61 Å². The van der Waals surface area contributed by atoms with Gasteiger partial charge in [0.25, 0.3) is 0 Å². The molecule has 2 saturated carbocycles. The summed E-state index contributed by atoms with van der Waals surface area (Å²) < 4.78 is 0. The molecule has 82 valence electrons. The number of aliphatic hydroxyl groups excluding tert-OH is 1. The van der Waals surface area contributed by atoms with Crippen molar-refractivity contribution in [1.82, 2.24) is 0 Å². The van der Waals surface area contributed by atoms with Crippen LogP contribution in [0.5, 0.6) is 0 Å². The summed E-state index contributed by atoms with van der Waals surface area (Å²) >= 11 is 0. The Labute approximate surface area is 92.2 Å². The smallest absolute Gasteiger partial charge is 0.0639 e. The third-order valence-corrected chi connectivity index (χ3v) is 3.79. The lowest BCUT2D eigenvalue weighted by Gasteiger charge is -2.15. The van der Waals surface area contributed by atoms with Gasteiger partial charge in [0.1, 0.15) is 0 Å². The van der Waals surface area contributed by atoms with Crippen LogP contribution in [0.15, 0.2) is 35.5 Å². The maximum atomic E-state index is 8.88. The van der Waals surface area contributed by atoms with E-state index < -0.39 is 0 Å². The van der Waals surface area contributed by atoms with Crippen LogP contribution in [0.2, 0.25) is 0 Å². The monoisotopic (exact) mass is 204 g/mol. The minimum Gasteiger partial charge on any atom is -0.392 e. The predicted octanol–water partition coefficient (Wildman–Crippen LogP) is 3.23. The van der Waals surface area contributed by atoms with Gasteiger partial charge in [0.05, 0.1) is 6.61 Å². The zero-order valence-electron chi connectivity index (χ0n) is 9.50. The van der Waals surface area contributed by atoms with Crippen molar-refractivity contribution in [2.75, 3.05) is 6.61 Å². The Hall–Kier alpha value is -0.820. The second-order valence-electron chi connectivity index (χ2n) is 4.84. The van der Waals surface area contributed by atoms with Crippen LogP contribution in [-0.4, -0.2) is 11.7 Å². The largest absolute Gasteiger partial charge is 0.392 e. The van der Waals surface area contributed by atoms with Crippen molar-refractivity contribution in [1.29, 1.82) is 0 Å². The van der Waals surface area contributed by atoms with Gasteiger partial charge in [-0.2, -0.15) is 0 Å². The summed E-state index contributed by atoms with van der Waals surface area (Å²) in [4.78, 5) is 0. The molecule has 1 heteroatoms. The van der Waals surface area contributed by atoms with Crippen LogP contribution in [0.4, 0.5) is 0 Å². The number of hydrogen-bond acceptors (Lipinski definition) is 1. The van der Waals surface area contributed by atoms with Crippen molar-refractivity contribution >= 4 is 0 Å². The molecule has 0 aliphatic heterocycles. The van der Waals surface area contributed by atoms with Crippen molar-refractivity contribution in [2.24, 2.45) is 11.8 Å². The number of aliphatic hydroxyl groups is 1. The van der Waals surface area contributed by atoms with Gasteiger partial charge < -0.3 is 5.11 Å². The highest BCUT2D eigenvalue weighted by Crippen LogP contribution is 2.50. The maximum Gasteiger partial charge on any atom is 0.0639 e. The lowest BCUT2D eigenvalue weighted by atomic mass is 9.90. The molecule has 0 radical (unpaired) electrons. The molecule has 15 heavy (non-hydrogen) atoms. The van der Waals surface area contributed by atoms with Crippen LogP contribution in [0.25, 0.3) is 0 Å². The first-order valence-electron chi connectivity index (χ1n) is 5.88. The first kappa shape index (κ1) is 10.7. The zero-order chi connectivity index (χ0) is 10.8. The van der Waals surface area contributed by atoms with Crippen molar-refractivity contribution in [3.05, 3.63) is 35.5 Å². The normalized spacial score (nSPS) is 33.1. The fourth-order valence-corrected chi connectivity index (χ4v) is 2.83. The van der Waals surface area contributed by atoms with Crippen LogP contribution in [-0.2, 0) is 0 Å². The first-order valence-corrected chi connectivity index (χ1v) is 5.88. The van der Waals surface area contributed by atoms with Crippen molar-refractivity contribution < 1.29 is 5.11 Å². The topological polar surface area (TPSA) is 20.2 Å². The minimum absolute atomic E-state index is 0.177.